The summed E-state index contributed by atoms with van der Waals surface area (Å²) in [7, 11) is 0. The lowest BCUT2D eigenvalue weighted by atomic mass is 10.1. The van der Waals surface area contributed by atoms with Crippen LogP contribution in [0.25, 0.3) is 0 Å². The highest BCUT2D eigenvalue weighted by atomic mass is 16.6. The number of rotatable bonds is 0. The number of nitrogens with one attached hydrogen (secondary N) is 1. The molecule has 1 amide bonds. The summed E-state index contributed by atoms with van der Waals surface area (Å²) in [5.74, 6) is 2.37. The van der Waals surface area contributed by atoms with Crippen molar-refractivity contribution in [2.75, 3.05) is 6.54 Å². The molecular weight excluding hydrogens is 118 g/mol. The number of ether oxygens (including phenoxy) is 1. The number of cyclic esters (lactones) is 1. The van der Waals surface area contributed by atoms with E-state index in [0.717, 1.165) is 0 Å². The van der Waals surface area contributed by atoms with Crippen LogP contribution in [-0.2, 0) is 4.74 Å². The molecule has 1 heterocycles. The summed E-state index contributed by atoms with van der Waals surface area (Å²) in [6.45, 7) is 2.09. The van der Waals surface area contributed by atoms with Crippen LogP contribution in [0.2, 0.25) is 0 Å². The van der Waals surface area contributed by atoms with Gasteiger partial charge in [0.05, 0.1) is 6.54 Å². The molecule has 9 heavy (non-hydrogen) atoms. The molecule has 1 fully saturated rings. The van der Waals surface area contributed by atoms with E-state index in [2.05, 4.69) is 11.2 Å². The molecule has 1 rings (SSSR count). The summed E-state index contributed by atoms with van der Waals surface area (Å²) in [4.78, 5) is 10.4. The van der Waals surface area contributed by atoms with Crippen LogP contribution in [0.15, 0.2) is 0 Å². The minimum Gasteiger partial charge on any atom is -0.428 e. The highest BCUT2D eigenvalue weighted by Crippen LogP contribution is 2.12. The predicted molar refractivity (Wildman–Crippen MR) is 31.7 cm³/mol. The Kier molecular flexibility index (Phi) is 1.10. The number of carbonyl (C=O) groups is 1. The van der Waals surface area contributed by atoms with Crippen molar-refractivity contribution in [3.63, 3.8) is 0 Å². The summed E-state index contributed by atoms with van der Waals surface area (Å²) in [6, 6.07) is 0. The Morgan fingerprint density at radius 3 is 2.89 bits per heavy atom. The standard InChI is InChI=1S/C6H7NO2/c1-3-6(2)4-7-5(8)9-6/h1H,4H2,2H3,(H,7,8). The molecule has 3 nitrogen and oxygen atoms in total. The van der Waals surface area contributed by atoms with Gasteiger partial charge in [0.1, 0.15) is 0 Å². The van der Waals surface area contributed by atoms with Crippen LogP contribution in [0, 0.1) is 12.3 Å². The molecular formula is C6H7NO2. The van der Waals surface area contributed by atoms with Gasteiger partial charge in [-0.2, -0.15) is 0 Å². The highest BCUT2D eigenvalue weighted by Gasteiger charge is 2.32. The van der Waals surface area contributed by atoms with E-state index >= 15 is 0 Å². The Morgan fingerprint density at radius 1 is 2.00 bits per heavy atom. The van der Waals surface area contributed by atoms with Gasteiger partial charge in [0, 0.05) is 0 Å². The monoisotopic (exact) mass is 125 g/mol. The molecule has 0 spiro atoms. The quantitative estimate of drug-likeness (QED) is 0.467. The van der Waals surface area contributed by atoms with Crippen molar-refractivity contribution in [3.8, 4) is 12.3 Å². The minimum atomic E-state index is -0.725. The highest BCUT2D eigenvalue weighted by molar-refractivity contribution is 5.70. The first kappa shape index (κ1) is 5.96. The van der Waals surface area contributed by atoms with Crippen molar-refractivity contribution in [1.29, 1.82) is 0 Å². The van der Waals surface area contributed by atoms with Gasteiger partial charge in [-0.3, -0.25) is 0 Å². The number of hydrogen-bond donors (Lipinski definition) is 1. The summed E-state index contributed by atoms with van der Waals surface area (Å²) in [5.41, 5.74) is -0.725. The second kappa shape index (κ2) is 1.66. The van der Waals surface area contributed by atoms with Crippen molar-refractivity contribution in [2.24, 2.45) is 0 Å². The minimum absolute atomic E-state index is 0.405. The van der Waals surface area contributed by atoms with Gasteiger partial charge in [-0.1, -0.05) is 5.92 Å². The van der Waals surface area contributed by atoms with Gasteiger partial charge in [-0.25, -0.2) is 4.79 Å². The number of amides is 1. The number of terminal acetylenes is 1. The third-order valence-electron chi connectivity index (χ3n) is 1.19. The first-order valence-corrected chi connectivity index (χ1v) is 2.61. The largest absolute Gasteiger partial charge is 0.428 e. The Hall–Kier alpha value is -1.17. The molecule has 1 atom stereocenters. The van der Waals surface area contributed by atoms with E-state index < -0.39 is 11.7 Å². The lowest BCUT2D eigenvalue weighted by Crippen LogP contribution is -2.26. The normalized spacial score (nSPS) is 32.7. The summed E-state index contributed by atoms with van der Waals surface area (Å²) in [5, 5.41) is 2.46. The number of alkyl carbamates (subject to hydrolysis) is 1. The van der Waals surface area contributed by atoms with E-state index in [1.54, 1.807) is 6.92 Å². The molecule has 0 aromatic heterocycles. The molecule has 0 radical (unpaired) electrons. The van der Waals surface area contributed by atoms with Gasteiger partial charge in [-0.15, -0.1) is 6.42 Å². The molecule has 0 saturated carbocycles. The SMILES string of the molecule is C#CC1(C)CNC(=O)O1. The summed E-state index contributed by atoms with van der Waals surface area (Å²) >= 11 is 0. The van der Waals surface area contributed by atoms with Gasteiger partial charge in [0.15, 0.2) is 5.60 Å². The summed E-state index contributed by atoms with van der Waals surface area (Å²) < 4.78 is 4.71. The van der Waals surface area contributed by atoms with Crippen molar-refractivity contribution in [1.82, 2.24) is 5.32 Å². The second-order valence-electron chi connectivity index (χ2n) is 2.12. The predicted octanol–water partition coefficient (Wildman–Crippen LogP) is 0.118. The molecule has 1 N–H and O–H groups in total. The molecule has 0 aliphatic carbocycles. The molecule has 0 bridgehead atoms. The number of hydrogen-bond acceptors (Lipinski definition) is 2. The molecule has 3 heteroatoms. The third-order valence-corrected chi connectivity index (χ3v) is 1.19. The molecule has 1 saturated heterocycles. The fourth-order valence-corrected chi connectivity index (χ4v) is 0.598. The van der Waals surface area contributed by atoms with Crippen molar-refractivity contribution >= 4 is 6.09 Å². The van der Waals surface area contributed by atoms with Crippen LogP contribution in [0.4, 0.5) is 4.79 Å². The fraction of sp³-hybridized carbons (Fsp3) is 0.500. The van der Waals surface area contributed by atoms with Crippen LogP contribution in [0.5, 0.6) is 0 Å². The number of carbonyl (C=O) groups excluding carboxylic acids is 1. The van der Waals surface area contributed by atoms with E-state index in [-0.39, 0.29) is 0 Å². The zero-order valence-corrected chi connectivity index (χ0v) is 5.10. The fourth-order valence-electron chi connectivity index (χ4n) is 0.598. The van der Waals surface area contributed by atoms with E-state index in [4.69, 9.17) is 11.2 Å². The maximum Gasteiger partial charge on any atom is 0.408 e. The Morgan fingerprint density at radius 2 is 2.67 bits per heavy atom. The average molecular weight is 125 g/mol. The Balaban J connectivity index is 2.68. The molecule has 1 aliphatic heterocycles. The van der Waals surface area contributed by atoms with Crippen molar-refractivity contribution in [3.05, 3.63) is 0 Å². The van der Waals surface area contributed by atoms with Crippen molar-refractivity contribution in [2.45, 2.75) is 12.5 Å². The Bertz CT molecular complexity index is 182. The van der Waals surface area contributed by atoms with Gasteiger partial charge >= 0.3 is 6.09 Å². The average Bonchev–Trinajstić information content (AvgIpc) is 2.13. The van der Waals surface area contributed by atoms with Crippen LogP contribution < -0.4 is 5.32 Å². The van der Waals surface area contributed by atoms with E-state index in [1.165, 1.54) is 0 Å². The smallest absolute Gasteiger partial charge is 0.408 e. The molecule has 1 aliphatic rings. The van der Waals surface area contributed by atoms with Gasteiger partial charge < -0.3 is 10.1 Å². The van der Waals surface area contributed by atoms with E-state index in [1.807, 2.05) is 0 Å². The molecule has 0 aromatic rings. The maximum absolute atomic E-state index is 10.4. The van der Waals surface area contributed by atoms with E-state index in [9.17, 15) is 4.79 Å². The zero-order valence-electron chi connectivity index (χ0n) is 5.10. The third kappa shape index (κ3) is 0.968. The van der Waals surface area contributed by atoms with E-state index in [0.29, 0.717) is 6.54 Å². The van der Waals surface area contributed by atoms with Gasteiger partial charge in [0.2, 0.25) is 0 Å². The maximum atomic E-state index is 10.4. The lowest BCUT2D eigenvalue weighted by molar-refractivity contribution is 0.113. The van der Waals surface area contributed by atoms with Crippen molar-refractivity contribution < 1.29 is 9.53 Å². The first-order chi connectivity index (χ1) is 4.16. The lowest BCUT2D eigenvalue weighted by Gasteiger charge is -2.10. The topological polar surface area (TPSA) is 38.3 Å². The first-order valence-electron chi connectivity index (χ1n) is 2.61. The van der Waals surface area contributed by atoms with Crippen LogP contribution in [0.1, 0.15) is 6.92 Å². The van der Waals surface area contributed by atoms with Gasteiger partial charge in [-0.05, 0) is 6.92 Å². The molecule has 0 aromatic carbocycles. The zero-order chi connectivity index (χ0) is 6.91. The van der Waals surface area contributed by atoms with Crippen LogP contribution in [-0.4, -0.2) is 18.2 Å². The van der Waals surface area contributed by atoms with Gasteiger partial charge in [0.25, 0.3) is 0 Å². The second-order valence-corrected chi connectivity index (χ2v) is 2.12. The Labute approximate surface area is 53.4 Å². The van der Waals surface area contributed by atoms with Crippen LogP contribution in [0.3, 0.4) is 0 Å². The molecule has 48 valence electrons. The summed E-state index contributed by atoms with van der Waals surface area (Å²) in [6.07, 6.45) is 4.63. The van der Waals surface area contributed by atoms with Crippen LogP contribution >= 0.6 is 0 Å². The molecule has 1 unspecified atom stereocenters.